The highest BCUT2D eigenvalue weighted by atomic mass is 32.2. The summed E-state index contributed by atoms with van der Waals surface area (Å²) in [5, 5.41) is 16.1. The van der Waals surface area contributed by atoms with Crippen molar-refractivity contribution in [3.05, 3.63) is 0 Å². The Morgan fingerprint density at radius 2 is 2.31 bits per heavy atom. The van der Waals surface area contributed by atoms with Crippen LogP contribution in [0.4, 0.5) is 0 Å². The Morgan fingerprint density at radius 1 is 1.50 bits per heavy atom. The van der Waals surface area contributed by atoms with Gasteiger partial charge in [-0.3, -0.25) is 0 Å². The molecule has 1 aliphatic carbocycles. The largest absolute Gasteiger partial charge is 0.313 e. The fourth-order valence-electron chi connectivity index (χ4n) is 1.38. The minimum Gasteiger partial charge on any atom is -0.313 e. The van der Waals surface area contributed by atoms with E-state index in [1.54, 1.807) is 11.8 Å². The van der Waals surface area contributed by atoms with Crippen LogP contribution in [0, 0.1) is 5.92 Å². The van der Waals surface area contributed by atoms with Crippen LogP contribution in [0.5, 0.6) is 0 Å². The van der Waals surface area contributed by atoms with Crippen molar-refractivity contribution in [3.8, 4) is 0 Å². The van der Waals surface area contributed by atoms with Gasteiger partial charge in [0.15, 0.2) is 0 Å². The van der Waals surface area contributed by atoms with E-state index in [2.05, 4.69) is 34.7 Å². The van der Waals surface area contributed by atoms with Crippen LogP contribution >= 0.6 is 11.8 Å². The topological polar surface area (TPSA) is 55.6 Å². The Morgan fingerprint density at radius 3 is 3.00 bits per heavy atom. The second-order valence-corrected chi connectivity index (χ2v) is 5.53. The van der Waals surface area contributed by atoms with E-state index in [1.807, 2.05) is 4.68 Å². The van der Waals surface area contributed by atoms with Gasteiger partial charge in [-0.15, -0.1) is 5.10 Å². The first-order valence-corrected chi connectivity index (χ1v) is 6.86. The summed E-state index contributed by atoms with van der Waals surface area (Å²) in [6, 6.07) is 0.513. The van der Waals surface area contributed by atoms with Crippen LogP contribution < -0.4 is 5.32 Å². The molecule has 0 atom stereocenters. The normalized spacial score (nSPS) is 15.9. The molecule has 0 saturated heterocycles. The van der Waals surface area contributed by atoms with E-state index in [0.29, 0.717) is 6.04 Å². The molecule has 2 rings (SSSR count). The predicted octanol–water partition coefficient (Wildman–Crippen LogP) is 1.17. The molecular weight excluding hydrogens is 222 g/mol. The summed E-state index contributed by atoms with van der Waals surface area (Å²) in [7, 11) is 0. The fourth-order valence-corrected chi connectivity index (χ4v) is 2.47. The lowest BCUT2D eigenvalue weighted by atomic mass is 10.4. The van der Waals surface area contributed by atoms with Crippen molar-refractivity contribution in [1.82, 2.24) is 25.5 Å². The molecule has 6 heteroatoms. The molecule has 1 aromatic heterocycles. The predicted molar refractivity (Wildman–Crippen MR) is 64.4 cm³/mol. The molecule has 1 aromatic rings. The molecule has 5 nitrogen and oxygen atoms in total. The molecule has 0 aromatic carbocycles. The maximum atomic E-state index is 4.05. The van der Waals surface area contributed by atoms with Gasteiger partial charge >= 0.3 is 0 Å². The lowest BCUT2D eigenvalue weighted by Crippen LogP contribution is -2.27. The van der Waals surface area contributed by atoms with E-state index in [-0.39, 0.29) is 0 Å². The Labute approximate surface area is 100 Å². The second-order valence-electron chi connectivity index (χ2n) is 4.55. The number of hydrogen-bond acceptors (Lipinski definition) is 5. The van der Waals surface area contributed by atoms with Crippen LogP contribution in [0.15, 0.2) is 5.16 Å². The average molecular weight is 241 g/mol. The summed E-state index contributed by atoms with van der Waals surface area (Å²) in [6.07, 6.45) is 2.76. The highest BCUT2D eigenvalue weighted by Gasteiger charge is 2.22. The van der Waals surface area contributed by atoms with E-state index < -0.39 is 0 Å². The molecule has 90 valence electrons. The van der Waals surface area contributed by atoms with Gasteiger partial charge < -0.3 is 5.32 Å². The maximum absolute atomic E-state index is 4.05. The second kappa shape index (κ2) is 5.63. The number of aromatic nitrogens is 4. The number of nitrogens with one attached hydrogen (secondary N) is 1. The maximum Gasteiger partial charge on any atom is 0.209 e. The van der Waals surface area contributed by atoms with Gasteiger partial charge in [-0.05, 0) is 29.2 Å². The molecule has 1 heterocycles. The van der Waals surface area contributed by atoms with Crippen LogP contribution in [0.2, 0.25) is 0 Å². The Balaban J connectivity index is 1.76. The fraction of sp³-hybridized carbons (Fsp3) is 0.900. The molecule has 0 unspecified atom stereocenters. The molecule has 1 aliphatic rings. The van der Waals surface area contributed by atoms with Crippen LogP contribution in [-0.4, -0.2) is 38.5 Å². The molecule has 0 radical (unpaired) electrons. The Kier molecular flexibility index (Phi) is 4.17. The van der Waals surface area contributed by atoms with Gasteiger partial charge in [0.1, 0.15) is 0 Å². The monoisotopic (exact) mass is 241 g/mol. The Hall–Kier alpha value is -0.620. The smallest absolute Gasteiger partial charge is 0.209 e. The standard InChI is InChI=1S/C10H19N5S/c1-8(2)11-5-6-15-10(12-13-14-15)16-7-9-3-4-9/h8-9,11H,3-7H2,1-2H3. The molecule has 0 aliphatic heterocycles. The van der Waals surface area contributed by atoms with Gasteiger partial charge in [0.2, 0.25) is 5.16 Å². The van der Waals surface area contributed by atoms with Crippen LogP contribution in [0.1, 0.15) is 26.7 Å². The van der Waals surface area contributed by atoms with Crippen molar-refractivity contribution in [2.45, 2.75) is 44.4 Å². The summed E-state index contributed by atoms with van der Waals surface area (Å²) in [5.74, 6) is 2.07. The molecule has 1 fully saturated rings. The van der Waals surface area contributed by atoms with Gasteiger partial charge in [0.05, 0.1) is 6.54 Å². The molecule has 16 heavy (non-hydrogen) atoms. The quantitative estimate of drug-likeness (QED) is 0.726. The molecule has 1 saturated carbocycles. The van der Waals surface area contributed by atoms with Crippen molar-refractivity contribution in [2.24, 2.45) is 5.92 Å². The van der Waals surface area contributed by atoms with Crippen molar-refractivity contribution >= 4 is 11.8 Å². The van der Waals surface area contributed by atoms with Gasteiger partial charge in [-0.25, -0.2) is 4.68 Å². The van der Waals surface area contributed by atoms with Gasteiger partial charge in [-0.2, -0.15) is 0 Å². The molecule has 1 N–H and O–H groups in total. The van der Waals surface area contributed by atoms with E-state index in [4.69, 9.17) is 0 Å². The first-order chi connectivity index (χ1) is 7.75. The zero-order valence-electron chi connectivity index (χ0n) is 9.89. The summed E-state index contributed by atoms with van der Waals surface area (Å²) >= 11 is 1.78. The van der Waals surface area contributed by atoms with Crippen molar-refractivity contribution in [3.63, 3.8) is 0 Å². The third-order valence-corrected chi connectivity index (χ3v) is 3.71. The summed E-state index contributed by atoms with van der Waals surface area (Å²) < 4.78 is 1.89. The summed E-state index contributed by atoms with van der Waals surface area (Å²) in [4.78, 5) is 0. The third kappa shape index (κ3) is 3.75. The van der Waals surface area contributed by atoms with Crippen LogP contribution in [0.3, 0.4) is 0 Å². The summed E-state index contributed by atoms with van der Waals surface area (Å²) in [5.41, 5.74) is 0. The van der Waals surface area contributed by atoms with Crippen LogP contribution in [-0.2, 0) is 6.54 Å². The first kappa shape index (κ1) is 11.9. The lowest BCUT2D eigenvalue weighted by molar-refractivity contribution is 0.485. The number of nitrogens with zero attached hydrogens (tertiary/aromatic N) is 4. The van der Waals surface area contributed by atoms with E-state index in [1.165, 1.54) is 12.8 Å². The van der Waals surface area contributed by atoms with E-state index in [9.17, 15) is 0 Å². The number of thioether (sulfide) groups is 1. The van der Waals surface area contributed by atoms with E-state index >= 15 is 0 Å². The van der Waals surface area contributed by atoms with Crippen molar-refractivity contribution in [2.75, 3.05) is 12.3 Å². The number of rotatable bonds is 7. The molecule has 0 bridgehead atoms. The zero-order valence-corrected chi connectivity index (χ0v) is 10.7. The first-order valence-electron chi connectivity index (χ1n) is 5.88. The molecular formula is C10H19N5S. The SMILES string of the molecule is CC(C)NCCn1nnnc1SCC1CC1. The average Bonchev–Trinajstić information content (AvgIpc) is 2.96. The Bertz CT molecular complexity index is 321. The molecule has 0 amide bonds. The van der Waals surface area contributed by atoms with Crippen LogP contribution in [0.25, 0.3) is 0 Å². The third-order valence-electron chi connectivity index (χ3n) is 2.52. The van der Waals surface area contributed by atoms with Gasteiger partial charge in [0.25, 0.3) is 0 Å². The highest BCUT2D eigenvalue weighted by Crippen LogP contribution is 2.34. The molecule has 0 spiro atoms. The van der Waals surface area contributed by atoms with Gasteiger partial charge in [-0.1, -0.05) is 25.6 Å². The van der Waals surface area contributed by atoms with E-state index in [0.717, 1.165) is 29.9 Å². The van der Waals surface area contributed by atoms with Crippen molar-refractivity contribution < 1.29 is 0 Å². The van der Waals surface area contributed by atoms with Gasteiger partial charge in [0, 0.05) is 18.3 Å². The number of hydrogen-bond donors (Lipinski definition) is 1. The minimum atomic E-state index is 0.513. The zero-order chi connectivity index (χ0) is 11.4. The van der Waals surface area contributed by atoms with Crippen molar-refractivity contribution in [1.29, 1.82) is 0 Å². The lowest BCUT2D eigenvalue weighted by Gasteiger charge is -2.08. The summed E-state index contributed by atoms with van der Waals surface area (Å²) in [6.45, 7) is 6.04. The number of tetrazole rings is 1. The minimum absolute atomic E-state index is 0.513. The highest BCUT2D eigenvalue weighted by molar-refractivity contribution is 7.99.